The molecule has 8 heteroatoms. The number of carbonyl (C=O) groups is 2. The van der Waals surface area contributed by atoms with Gasteiger partial charge < -0.3 is 16.0 Å². The molecule has 3 aromatic rings. The van der Waals surface area contributed by atoms with Gasteiger partial charge in [0.2, 0.25) is 5.91 Å². The molecule has 1 aliphatic rings. The third-order valence-corrected chi connectivity index (χ3v) is 6.52. The summed E-state index contributed by atoms with van der Waals surface area (Å²) in [6.07, 6.45) is 3.43. The highest BCUT2D eigenvalue weighted by Gasteiger charge is 2.23. The highest BCUT2D eigenvalue weighted by molar-refractivity contribution is 7.98. The number of fused-ring (bicyclic) bond motifs is 1. The summed E-state index contributed by atoms with van der Waals surface area (Å²) in [7, 11) is 0. The lowest BCUT2D eigenvalue weighted by atomic mass is 10.1. The van der Waals surface area contributed by atoms with Gasteiger partial charge in [-0.3, -0.25) is 9.59 Å². The summed E-state index contributed by atoms with van der Waals surface area (Å²) >= 11 is 3.02. The predicted molar refractivity (Wildman–Crippen MR) is 129 cm³/mol. The number of hydrogen-bond donors (Lipinski definition) is 3. The maximum absolute atomic E-state index is 12.9. The van der Waals surface area contributed by atoms with Crippen molar-refractivity contribution >= 4 is 45.7 Å². The molecule has 0 aliphatic carbocycles. The number of thioether (sulfide) groups is 1. The Morgan fingerprint density at radius 1 is 1.23 bits per heavy atom. The predicted octanol–water partition coefficient (Wildman–Crippen LogP) is 4.27. The zero-order valence-electron chi connectivity index (χ0n) is 17.2. The number of aromatic nitrogens is 1. The standard InChI is InChI=1S/C23H24N4O2S2/c1-30-12-10-19(25-21(28)17-7-8-18-16(13-17)9-11-24-18)22(29)27-23-26-20(14-31-23)15-5-3-2-4-6-15/h2-8,13-14,19,24H,9-12H2,1H3,(H,25,28)(H,26,27,29). The van der Waals surface area contributed by atoms with Crippen LogP contribution in [0.15, 0.2) is 53.9 Å². The van der Waals surface area contributed by atoms with E-state index in [1.807, 2.05) is 54.1 Å². The van der Waals surface area contributed by atoms with E-state index in [4.69, 9.17) is 0 Å². The molecule has 3 N–H and O–H groups in total. The van der Waals surface area contributed by atoms with Crippen molar-refractivity contribution in [1.82, 2.24) is 10.3 Å². The fourth-order valence-corrected chi connectivity index (χ4v) is 4.65. The van der Waals surface area contributed by atoms with Crippen molar-refractivity contribution in [2.45, 2.75) is 18.9 Å². The van der Waals surface area contributed by atoms with Gasteiger partial charge in [-0.05, 0) is 48.6 Å². The van der Waals surface area contributed by atoms with Crippen molar-refractivity contribution in [3.63, 3.8) is 0 Å². The van der Waals surface area contributed by atoms with E-state index in [1.165, 1.54) is 11.3 Å². The van der Waals surface area contributed by atoms with Crippen LogP contribution in [0.1, 0.15) is 22.3 Å². The highest BCUT2D eigenvalue weighted by atomic mass is 32.2. The molecule has 1 aromatic heterocycles. The van der Waals surface area contributed by atoms with Gasteiger partial charge in [-0.1, -0.05) is 30.3 Å². The SMILES string of the molecule is CSCCC(NC(=O)c1ccc2c(c1)CCN2)C(=O)Nc1nc(-c2ccccc2)cs1. The lowest BCUT2D eigenvalue weighted by molar-refractivity contribution is -0.118. The molecular weight excluding hydrogens is 428 g/mol. The number of nitrogens with one attached hydrogen (secondary N) is 3. The largest absolute Gasteiger partial charge is 0.384 e. The third-order valence-electron chi connectivity index (χ3n) is 5.11. The van der Waals surface area contributed by atoms with Crippen molar-refractivity contribution in [2.24, 2.45) is 0 Å². The van der Waals surface area contributed by atoms with E-state index in [0.717, 1.165) is 41.2 Å². The Morgan fingerprint density at radius 3 is 2.87 bits per heavy atom. The van der Waals surface area contributed by atoms with Crippen LogP contribution in [0.4, 0.5) is 10.8 Å². The fourth-order valence-electron chi connectivity index (χ4n) is 3.46. The van der Waals surface area contributed by atoms with Gasteiger partial charge in [0.1, 0.15) is 6.04 Å². The van der Waals surface area contributed by atoms with Gasteiger partial charge in [0, 0.05) is 28.7 Å². The molecule has 31 heavy (non-hydrogen) atoms. The summed E-state index contributed by atoms with van der Waals surface area (Å²) in [4.78, 5) is 30.3. The van der Waals surface area contributed by atoms with Crippen molar-refractivity contribution in [3.05, 3.63) is 65.0 Å². The van der Waals surface area contributed by atoms with Crippen molar-refractivity contribution in [2.75, 3.05) is 29.2 Å². The van der Waals surface area contributed by atoms with Gasteiger partial charge in [0.15, 0.2) is 5.13 Å². The number of anilines is 2. The van der Waals surface area contributed by atoms with E-state index in [2.05, 4.69) is 20.9 Å². The van der Waals surface area contributed by atoms with E-state index in [0.29, 0.717) is 17.1 Å². The Balaban J connectivity index is 1.44. The van der Waals surface area contributed by atoms with E-state index in [1.54, 1.807) is 17.8 Å². The maximum Gasteiger partial charge on any atom is 0.251 e. The van der Waals surface area contributed by atoms with E-state index in [-0.39, 0.29) is 11.8 Å². The summed E-state index contributed by atoms with van der Waals surface area (Å²) < 4.78 is 0. The molecule has 2 aromatic carbocycles. The molecule has 0 saturated heterocycles. The van der Waals surface area contributed by atoms with E-state index in [9.17, 15) is 9.59 Å². The summed E-state index contributed by atoms with van der Waals surface area (Å²) in [5.41, 5.74) is 4.60. The third kappa shape index (κ3) is 5.26. The summed E-state index contributed by atoms with van der Waals surface area (Å²) in [6, 6.07) is 14.8. The number of amides is 2. The van der Waals surface area contributed by atoms with Crippen LogP contribution < -0.4 is 16.0 Å². The quantitative estimate of drug-likeness (QED) is 0.475. The molecule has 160 valence electrons. The molecule has 6 nitrogen and oxygen atoms in total. The molecule has 0 bridgehead atoms. The minimum absolute atomic E-state index is 0.236. The van der Waals surface area contributed by atoms with Crippen molar-refractivity contribution < 1.29 is 9.59 Å². The molecule has 2 heterocycles. The first-order valence-electron chi connectivity index (χ1n) is 10.1. The van der Waals surface area contributed by atoms with E-state index >= 15 is 0 Å². The molecule has 0 radical (unpaired) electrons. The van der Waals surface area contributed by atoms with Crippen LogP contribution in [-0.4, -0.2) is 41.4 Å². The van der Waals surface area contributed by atoms with E-state index < -0.39 is 6.04 Å². The minimum atomic E-state index is -0.629. The number of nitrogens with zero attached hydrogens (tertiary/aromatic N) is 1. The number of hydrogen-bond acceptors (Lipinski definition) is 6. The average Bonchev–Trinajstić information content (AvgIpc) is 3.46. The van der Waals surface area contributed by atoms with Gasteiger partial charge >= 0.3 is 0 Å². The van der Waals surface area contributed by atoms with Gasteiger partial charge in [-0.2, -0.15) is 11.8 Å². The van der Waals surface area contributed by atoms with Gasteiger partial charge in [-0.25, -0.2) is 4.98 Å². The summed E-state index contributed by atoms with van der Waals surface area (Å²) in [5.74, 6) is 0.277. The molecule has 0 spiro atoms. The number of carbonyl (C=O) groups excluding carboxylic acids is 2. The lowest BCUT2D eigenvalue weighted by Crippen LogP contribution is -2.44. The molecule has 0 fully saturated rings. The molecule has 2 amide bonds. The number of benzene rings is 2. The first-order valence-corrected chi connectivity index (χ1v) is 12.4. The van der Waals surface area contributed by atoms with Crippen LogP contribution in [0.3, 0.4) is 0 Å². The van der Waals surface area contributed by atoms with Crippen LogP contribution >= 0.6 is 23.1 Å². The first kappa shape index (κ1) is 21.4. The summed E-state index contributed by atoms with van der Waals surface area (Å²) in [6.45, 7) is 0.887. The number of thiazole rings is 1. The van der Waals surface area contributed by atoms with Crippen LogP contribution in [0.2, 0.25) is 0 Å². The van der Waals surface area contributed by atoms with Crippen LogP contribution in [-0.2, 0) is 11.2 Å². The second kappa shape index (κ2) is 9.98. The Morgan fingerprint density at radius 2 is 2.06 bits per heavy atom. The Labute approximate surface area is 189 Å². The zero-order chi connectivity index (χ0) is 21.6. The Kier molecular flexibility index (Phi) is 6.89. The lowest BCUT2D eigenvalue weighted by Gasteiger charge is -2.17. The van der Waals surface area contributed by atoms with Gasteiger partial charge in [-0.15, -0.1) is 11.3 Å². The van der Waals surface area contributed by atoms with Crippen molar-refractivity contribution in [3.8, 4) is 11.3 Å². The van der Waals surface area contributed by atoms with Crippen LogP contribution in [0, 0.1) is 0 Å². The number of rotatable bonds is 8. The highest BCUT2D eigenvalue weighted by Crippen LogP contribution is 2.25. The fraction of sp³-hybridized carbons (Fsp3) is 0.261. The van der Waals surface area contributed by atoms with Crippen molar-refractivity contribution in [1.29, 1.82) is 0 Å². The average molecular weight is 453 g/mol. The maximum atomic E-state index is 12.9. The molecule has 4 rings (SSSR count). The summed E-state index contributed by atoms with van der Waals surface area (Å²) in [5, 5.41) is 11.5. The van der Waals surface area contributed by atoms with Crippen LogP contribution in [0.5, 0.6) is 0 Å². The molecule has 1 aliphatic heterocycles. The Hall–Kier alpha value is -2.84. The smallest absolute Gasteiger partial charge is 0.251 e. The molecule has 1 atom stereocenters. The molecule has 1 unspecified atom stereocenters. The monoisotopic (exact) mass is 452 g/mol. The second-order valence-electron chi connectivity index (χ2n) is 7.25. The zero-order valence-corrected chi connectivity index (χ0v) is 18.8. The normalized spacial score (nSPS) is 13.2. The molecule has 0 saturated carbocycles. The van der Waals surface area contributed by atoms with Gasteiger partial charge in [0.05, 0.1) is 5.69 Å². The van der Waals surface area contributed by atoms with Crippen LogP contribution in [0.25, 0.3) is 11.3 Å². The van der Waals surface area contributed by atoms with Gasteiger partial charge in [0.25, 0.3) is 5.91 Å². The Bertz CT molecular complexity index is 1070. The minimum Gasteiger partial charge on any atom is -0.384 e. The molecular formula is C23H24N4O2S2. The first-order chi connectivity index (χ1) is 15.1. The topological polar surface area (TPSA) is 83.1 Å². The second-order valence-corrected chi connectivity index (χ2v) is 9.09.